The summed E-state index contributed by atoms with van der Waals surface area (Å²) in [5.41, 5.74) is 2.90. The molecule has 0 saturated carbocycles. The van der Waals surface area contributed by atoms with E-state index in [4.69, 9.17) is 16.3 Å². The molecule has 0 aliphatic rings. The van der Waals surface area contributed by atoms with E-state index in [1.165, 1.54) is 17.7 Å². The molecule has 0 radical (unpaired) electrons. The molecule has 1 nitrogen and oxygen atoms in total. The predicted molar refractivity (Wildman–Crippen MR) is 85.8 cm³/mol. The first kappa shape index (κ1) is 15.8. The fraction of sp³-hybridized carbons (Fsp3) is 0.333. The first-order valence-corrected chi connectivity index (χ1v) is 7.34. The van der Waals surface area contributed by atoms with E-state index in [9.17, 15) is 4.39 Å². The van der Waals surface area contributed by atoms with Crippen molar-refractivity contribution in [3.05, 3.63) is 65.0 Å². The van der Waals surface area contributed by atoms with Gasteiger partial charge in [0, 0.05) is 5.56 Å². The number of ether oxygens (including phenoxy) is 1. The summed E-state index contributed by atoms with van der Waals surface area (Å²) in [4.78, 5) is 0. The monoisotopic (exact) mass is 306 g/mol. The number of alkyl halides is 1. The van der Waals surface area contributed by atoms with Crippen LogP contribution in [0.4, 0.5) is 4.39 Å². The van der Waals surface area contributed by atoms with Gasteiger partial charge in [-0.15, -0.1) is 11.6 Å². The maximum Gasteiger partial charge on any atom is 0.124 e. The van der Waals surface area contributed by atoms with E-state index in [-0.39, 0.29) is 11.2 Å². The van der Waals surface area contributed by atoms with Crippen molar-refractivity contribution in [3.8, 4) is 5.75 Å². The van der Waals surface area contributed by atoms with E-state index in [2.05, 4.69) is 32.9 Å². The molecular formula is C18H20ClFO. The van der Waals surface area contributed by atoms with Crippen LogP contribution in [0, 0.1) is 5.82 Å². The molecule has 0 aliphatic heterocycles. The first-order valence-electron chi connectivity index (χ1n) is 6.91. The van der Waals surface area contributed by atoms with Crippen molar-refractivity contribution in [1.82, 2.24) is 0 Å². The molecule has 1 unspecified atom stereocenters. The Morgan fingerprint density at radius 3 is 2.19 bits per heavy atom. The minimum atomic E-state index is -0.440. The number of hydrogen-bond acceptors (Lipinski definition) is 1. The van der Waals surface area contributed by atoms with Gasteiger partial charge in [0.2, 0.25) is 0 Å². The van der Waals surface area contributed by atoms with Gasteiger partial charge in [-0.3, -0.25) is 0 Å². The molecule has 0 saturated heterocycles. The molecule has 0 aromatic heterocycles. The zero-order valence-corrected chi connectivity index (χ0v) is 13.5. The van der Waals surface area contributed by atoms with Gasteiger partial charge >= 0.3 is 0 Å². The fourth-order valence-corrected chi connectivity index (χ4v) is 2.55. The molecule has 0 amide bonds. The van der Waals surface area contributed by atoms with Crippen LogP contribution in [0.25, 0.3) is 0 Å². The lowest BCUT2D eigenvalue weighted by Crippen LogP contribution is -2.10. The second-order valence-corrected chi connectivity index (χ2v) is 6.56. The van der Waals surface area contributed by atoms with Crippen molar-refractivity contribution in [2.24, 2.45) is 0 Å². The highest BCUT2D eigenvalue weighted by atomic mass is 35.5. The molecule has 1 atom stereocenters. The molecule has 21 heavy (non-hydrogen) atoms. The Bertz CT molecular complexity index is 614. The van der Waals surface area contributed by atoms with Crippen molar-refractivity contribution < 1.29 is 9.13 Å². The average molecular weight is 307 g/mol. The fourth-order valence-electron chi connectivity index (χ4n) is 2.23. The first-order chi connectivity index (χ1) is 9.82. The molecule has 3 heteroatoms. The van der Waals surface area contributed by atoms with Gasteiger partial charge in [-0.05, 0) is 34.7 Å². The molecule has 2 aromatic carbocycles. The number of halogens is 2. The Kier molecular flexibility index (Phi) is 4.58. The van der Waals surface area contributed by atoms with Crippen LogP contribution in [0.15, 0.2) is 42.5 Å². The van der Waals surface area contributed by atoms with Crippen LogP contribution in [0.3, 0.4) is 0 Å². The summed E-state index contributed by atoms with van der Waals surface area (Å²) in [7, 11) is 1.56. The van der Waals surface area contributed by atoms with Gasteiger partial charge in [0.05, 0.1) is 12.5 Å². The van der Waals surface area contributed by atoms with Gasteiger partial charge in [-0.2, -0.15) is 0 Å². The normalized spacial score (nSPS) is 13.0. The maximum absolute atomic E-state index is 13.5. The summed E-state index contributed by atoms with van der Waals surface area (Å²) >= 11 is 6.51. The Morgan fingerprint density at radius 2 is 1.67 bits per heavy atom. The third-order valence-corrected chi connectivity index (χ3v) is 4.02. The molecule has 0 aliphatic carbocycles. The number of hydrogen-bond donors (Lipinski definition) is 0. The summed E-state index contributed by atoms with van der Waals surface area (Å²) < 4.78 is 18.7. The third-order valence-electron chi connectivity index (χ3n) is 3.53. The average Bonchev–Trinajstić information content (AvgIpc) is 2.45. The molecule has 0 heterocycles. The van der Waals surface area contributed by atoms with Gasteiger partial charge in [0.15, 0.2) is 0 Å². The summed E-state index contributed by atoms with van der Waals surface area (Å²) in [5, 5.41) is -0.440. The molecule has 0 fully saturated rings. The standard InChI is InChI=1S/C18H20ClFO/c1-18(2,3)13-7-5-12(6-8-13)17(19)15-11-14(20)9-10-16(15)21-4/h5-11,17H,1-4H3. The topological polar surface area (TPSA) is 9.23 Å². The molecule has 2 rings (SSSR count). The quantitative estimate of drug-likeness (QED) is 0.684. The van der Waals surface area contributed by atoms with Crippen LogP contribution in [0.1, 0.15) is 42.8 Å². The summed E-state index contributed by atoms with van der Waals surface area (Å²) in [6.07, 6.45) is 0. The Balaban J connectivity index is 2.36. The zero-order valence-electron chi connectivity index (χ0n) is 12.8. The number of benzene rings is 2. The van der Waals surface area contributed by atoms with E-state index in [0.29, 0.717) is 11.3 Å². The van der Waals surface area contributed by atoms with E-state index >= 15 is 0 Å². The summed E-state index contributed by atoms with van der Waals surface area (Å²) in [6.45, 7) is 6.49. The second kappa shape index (κ2) is 6.07. The van der Waals surface area contributed by atoms with Crippen molar-refractivity contribution >= 4 is 11.6 Å². The Labute approximate surface area is 130 Å². The largest absolute Gasteiger partial charge is 0.496 e. The lowest BCUT2D eigenvalue weighted by Gasteiger charge is -2.20. The number of methoxy groups -OCH3 is 1. The van der Waals surface area contributed by atoms with Crippen molar-refractivity contribution in [3.63, 3.8) is 0 Å². The summed E-state index contributed by atoms with van der Waals surface area (Å²) in [6, 6.07) is 12.5. The maximum atomic E-state index is 13.5. The van der Waals surface area contributed by atoms with E-state index in [1.807, 2.05) is 12.1 Å². The van der Waals surface area contributed by atoms with Crippen LogP contribution in [-0.4, -0.2) is 7.11 Å². The van der Waals surface area contributed by atoms with Crippen molar-refractivity contribution in [2.75, 3.05) is 7.11 Å². The van der Waals surface area contributed by atoms with Crippen LogP contribution in [0.2, 0.25) is 0 Å². The molecule has 0 bridgehead atoms. The lowest BCUT2D eigenvalue weighted by molar-refractivity contribution is 0.409. The van der Waals surface area contributed by atoms with Gasteiger partial charge in [-0.1, -0.05) is 45.0 Å². The van der Waals surface area contributed by atoms with Crippen LogP contribution in [-0.2, 0) is 5.41 Å². The molecule has 0 N–H and O–H groups in total. The van der Waals surface area contributed by atoms with Gasteiger partial charge in [0.1, 0.15) is 11.6 Å². The Morgan fingerprint density at radius 1 is 1.05 bits per heavy atom. The predicted octanol–water partition coefficient (Wildman–Crippen LogP) is 5.46. The van der Waals surface area contributed by atoms with Crippen molar-refractivity contribution in [2.45, 2.75) is 31.6 Å². The zero-order chi connectivity index (χ0) is 15.6. The Hall–Kier alpha value is -1.54. The minimum absolute atomic E-state index is 0.0941. The highest BCUT2D eigenvalue weighted by molar-refractivity contribution is 6.22. The lowest BCUT2D eigenvalue weighted by atomic mass is 9.86. The summed E-state index contributed by atoms with van der Waals surface area (Å²) in [5.74, 6) is 0.277. The second-order valence-electron chi connectivity index (χ2n) is 6.12. The van der Waals surface area contributed by atoms with E-state index in [1.54, 1.807) is 13.2 Å². The molecular weight excluding hydrogens is 287 g/mol. The van der Waals surface area contributed by atoms with Crippen LogP contribution in [0.5, 0.6) is 5.75 Å². The van der Waals surface area contributed by atoms with E-state index < -0.39 is 5.38 Å². The van der Waals surface area contributed by atoms with Gasteiger partial charge in [0.25, 0.3) is 0 Å². The molecule has 112 valence electrons. The minimum Gasteiger partial charge on any atom is -0.496 e. The smallest absolute Gasteiger partial charge is 0.124 e. The van der Waals surface area contributed by atoms with Crippen molar-refractivity contribution in [1.29, 1.82) is 0 Å². The highest BCUT2D eigenvalue weighted by Crippen LogP contribution is 2.36. The SMILES string of the molecule is COc1ccc(F)cc1C(Cl)c1ccc(C(C)(C)C)cc1. The third kappa shape index (κ3) is 3.56. The van der Waals surface area contributed by atoms with Crippen LogP contribution >= 0.6 is 11.6 Å². The number of rotatable bonds is 3. The van der Waals surface area contributed by atoms with E-state index in [0.717, 1.165) is 5.56 Å². The van der Waals surface area contributed by atoms with Gasteiger partial charge < -0.3 is 4.74 Å². The highest BCUT2D eigenvalue weighted by Gasteiger charge is 2.18. The van der Waals surface area contributed by atoms with Crippen LogP contribution < -0.4 is 4.74 Å². The molecule has 2 aromatic rings. The molecule has 0 spiro atoms. The van der Waals surface area contributed by atoms with Gasteiger partial charge in [-0.25, -0.2) is 4.39 Å².